The van der Waals surface area contributed by atoms with E-state index in [1.54, 1.807) is 4.57 Å². The number of nitrogens with zero attached hydrogens (tertiary/aromatic N) is 5. The lowest BCUT2D eigenvalue weighted by Gasteiger charge is -2.27. The van der Waals surface area contributed by atoms with Crippen LogP contribution in [0.4, 0.5) is 5.82 Å². The summed E-state index contributed by atoms with van der Waals surface area (Å²) < 4.78 is 7.34. The number of hydrazine groups is 1. The van der Waals surface area contributed by atoms with Gasteiger partial charge in [0.2, 0.25) is 5.28 Å². The standard InChI is InChI=1S/C15H20BrClN6O3/c16-6-8-10(24)11(25)14(26-8)23-7-18-9-12(19-15(17)20-13(9)23)21-22-4-2-1-3-5-22/h7-8,10-11,14,24-25H,1-6H2,(H,19,20,21)/t8-,10?,11?,14-/m1/s1. The first-order valence-electron chi connectivity index (χ1n) is 8.57. The number of fused-ring (bicyclic) bond motifs is 1. The molecule has 2 fully saturated rings. The van der Waals surface area contributed by atoms with Crippen LogP contribution in [0, 0.1) is 0 Å². The van der Waals surface area contributed by atoms with E-state index in [4.69, 9.17) is 16.3 Å². The largest absolute Gasteiger partial charge is 0.387 e. The van der Waals surface area contributed by atoms with Gasteiger partial charge in [0.05, 0.1) is 12.4 Å². The molecule has 0 aliphatic carbocycles. The summed E-state index contributed by atoms with van der Waals surface area (Å²) in [6, 6.07) is 0. The fraction of sp³-hybridized carbons (Fsp3) is 0.667. The summed E-state index contributed by atoms with van der Waals surface area (Å²) in [5.41, 5.74) is 4.25. The van der Waals surface area contributed by atoms with E-state index in [2.05, 4.69) is 41.3 Å². The molecule has 2 unspecified atom stereocenters. The van der Waals surface area contributed by atoms with Gasteiger partial charge >= 0.3 is 0 Å². The molecule has 0 saturated carbocycles. The minimum absolute atomic E-state index is 0.0730. The van der Waals surface area contributed by atoms with Gasteiger partial charge in [-0.2, -0.15) is 9.97 Å². The molecule has 0 radical (unpaired) electrons. The lowest BCUT2D eigenvalue weighted by Crippen LogP contribution is -2.35. The molecule has 142 valence electrons. The van der Waals surface area contributed by atoms with Crippen LogP contribution in [0.3, 0.4) is 0 Å². The minimum Gasteiger partial charge on any atom is -0.387 e. The molecular formula is C15H20BrClN6O3. The van der Waals surface area contributed by atoms with E-state index in [0.717, 1.165) is 25.9 Å². The third-order valence-corrected chi connectivity index (χ3v) is 5.58. The average molecular weight is 448 g/mol. The molecule has 26 heavy (non-hydrogen) atoms. The lowest BCUT2D eigenvalue weighted by atomic mass is 10.1. The monoisotopic (exact) mass is 446 g/mol. The summed E-state index contributed by atoms with van der Waals surface area (Å²) >= 11 is 9.40. The lowest BCUT2D eigenvalue weighted by molar-refractivity contribution is -0.0286. The molecule has 0 aromatic carbocycles. The summed E-state index contributed by atoms with van der Waals surface area (Å²) in [6.45, 7) is 1.85. The first-order chi connectivity index (χ1) is 12.6. The van der Waals surface area contributed by atoms with Gasteiger partial charge in [0.25, 0.3) is 0 Å². The van der Waals surface area contributed by atoms with E-state index in [-0.39, 0.29) is 5.28 Å². The van der Waals surface area contributed by atoms with Crippen LogP contribution in [-0.4, -0.2) is 71.5 Å². The first-order valence-corrected chi connectivity index (χ1v) is 10.1. The van der Waals surface area contributed by atoms with Crippen LogP contribution in [-0.2, 0) is 4.74 Å². The SMILES string of the molecule is OC1C(O)[C@@H](CBr)O[C@H]1n1cnc2c(NN3CCCCC3)nc(Cl)nc21. The van der Waals surface area contributed by atoms with Crippen LogP contribution in [0.1, 0.15) is 25.5 Å². The van der Waals surface area contributed by atoms with Gasteiger partial charge in [-0.25, -0.2) is 9.99 Å². The Morgan fingerprint density at radius 3 is 2.69 bits per heavy atom. The van der Waals surface area contributed by atoms with Crippen molar-refractivity contribution in [3.63, 3.8) is 0 Å². The van der Waals surface area contributed by atoms with Crippen LogP contribution in [0.15, 0.2) is 6.33 Å². The second-order valence-corrected chi connectivity index (χ2v) is 7.51. The smallest absolute Gasteiger partial charge is 0.226 e. The molecule has 4 heterocycles. The van der Waals surface area contributed by atoms with Crippen LogP contribution >= 0.6 is 27.5 Å². The Kier molecular flexibility index (Phi) is 5.31. The summed E-state index contributed by atoms with van der Waals surface area (Å²) in [5, 5.41) is 23.0. The number of nitrogens with one attached hydrogen (secondary N) is 1. The van der Waals surface area contributed by atoms with Gasteiger partial charge in [0, 0.05) is 18.4 Å². The number of aliphatic hydroxyl groups is 2. The van der Waals surface area contributed by atoms with E-state index in [1.165, 1.54) is 12.7 Å². The topological polar surface area (TPSA) is 109 Å². The van der Waals surface area contributed by atoms with Gasteiger partial charge in [-0.3, -0.25) is 4.57 Å². The highest BCUT2D eigenvalue weighted by atomic mass is 79.9. The van der Waals surface area contributed by atoms with Crippen molar-refractivity contribution in [1.29, 1.82) is 0 Å². The van der Waals surface area contributed by atoms with Crippen molar-refractivity contribution < 1.29 is 14.9 Å². The van der Waals surface area contributed by atoms with Crippen molar-refractivity contribution in [3.8, 4) is 0 Å². The Labute approximate surface area is 163 Å². The number of anilines is 1. The molecular weight excluding hydrogens is 428 g/mol. The number of hydrogen-bond donors (Lipinski definition) is 3. The molecule has 0 amide bonds. The van der Waals surface area contributed by atoms with Crippen LogP contribution in [0.25, 0.3) is 11.2 Å². The van der Waals surface area contributed by atoms with E-state index in [9.17, 15) is 10.2 Å². The van der Waals surface area contributed by atoms with Crippen LogP contribution in [0.5, 0.6) is 0 Å². The summed E-state index contributed by atoms with van der Waals surface area (Å²) in [4.78, 5) is 12.9. The Morgan fingerprint density at radius 2 is 2.00 bits per heavy atom. The second kappa shape index (κ2) is 7.53. The zero-order valence-electron chi connectivity index (χ0n) is 13.9. The van der Waals surface area contributed by atoms with E-state index in [1.807, 2.05) is 0 Å². The first kappa shape index (κ1) is 18.3. The molecule has 3 N–H and O–H groups in total. The van der Waals surface area contributed by atoms with Crippen molar-refractivity contribution in [2.24, 2.45) is 0 Å². The predicted octanol–water partition coefficient (Wildman–Crippen LogP) is 1.31. The van der Waals surface area contributed by atoms with E-state index in [0.29, 0.717) is 22.3 Å². The number of piperidine rings is 1. The maximum atomic E-state index is 10.3. The van der Waals surface area contributed by atoms with Crippen LogP contribution in [0.2, 0.25) is 5.28 Å². The van der Waals surface area contributed by atoms with Crippen molar-refractivity contribution in [1.82, 2.24) is 24.5 Å². The summed E-state index contributed by atoms with van der Waals surface area (Å²) in [5.74, 6) is 0.519. The van der Waals surface area contributed by atoms with Crippen LogP contribution < -0.4 is 5.43 Å². The fourth-order valence-corrected chi connectivity index (χ4v) is 4.10. The Bertz CT molecular complexity index is 786. The zero-order chi connectivity index (χ0) is 18.3. The summed E-state index contributed by atoms with van der Waals surface area (Å²) in [6.07, 6.45) is 1.58. The molecule has 4 rings (SSSR count). The predicted molar refractivity (Wildman–Crippen MR) is 99.1 cm³/mol. The molecule has 0 bridgehead atoms. The third-order valence-electron chi connectivity index (χ3n) is 4.78. The molecule has 4 atom stereocenters. The van der Waals surface area contributed by atoms with Gasteiger partial charge in [0.1, 0.15) is 12.2 Å². The molecule has 2 aromatic heterocycles. The van der Waals surface area contributed by atoms with E-state index < -0.39 is 24.5 Å². The number of halogens is 2. The van der Waals surface area contributed by atoms with Gasteiger partial charge < -0.3 is 20.4 Å². The molecule has 2 aliphatic rings. The van der Waals surface area contributed by atoms with Crippen molar-refractivity contribution in [3.05, 3.63) is 11.6 Å². The maximum Gasteiger partial charge on any atom is 0.226 e. The highest BCUT2D eigenvalue weighted by molar-refractivity contribution is 9.09. The van der Waals surface area contributed by atoms with Crippen molar-refractivity contribution >= 4 is 44.5 Å². The number of hydrogen-bond acceptors (Lipinski definition) is 8. The summed E-state index contributed by atoms with van der Waals surface area (Å²) in [7, 11) is 0. The second-order valence-electron chi connectivity index (χ2n) is 6.53. The number of ether oxygens (including phenoxy) is 1. The number of alkyl halides is 1. The number of aromatic nitrogens is 4. The molecule has 2 aliphatic heterocycles. The van der Waals surface area contributed by atoms with E-state index >= 15 is 0 Å². The minimum atomic E-state index is -1.10. The van der Waals surface area contributed by atoms with Crippen molar-refractivity contribution in [2.45, 2.75) is 43.8 Å². The van der Waals surface area contributed by atoms with Gasteiger partial charge in [-0.1, -0.05) is 22.4 Å². The average Bonchev–Trinajstić information content (AvgIpc) is 3.17. The normalized spacial score (nSPS) is 30.2. The molecule has 2 saturated heterocycles. The Hall–Kier alpha value is -1.04. The molecule has 11 heteroatoms. The fourth-order valence-electron chi connectivity index (χ4n) is 3.40. The van der Waals surface area contributed by atoms with Gasteiger partial charge in [0.15, 0.2) is 23.2 Å². The molecule has 0 spiro atoms. The quantitative estimate of drug-likeness (QED) is 0.475. The number of imidazole rings is 1. The zero-order valence-corrected chi connectivity index (χ0v) is 16.3. The van der Waals surface area contributed by atoms with Gasteiger partial charge in [-0.05, 0) is 24.4 Å². The number of rotatable bonds is 4. The third kappa shape index (κ3) is 3.30. The molecule has 2 aromatic rings. The Balaban J connectivity index is 1.67. The molecule has 9 nitrogen and oxygen atoms in total. The number of aliphatic hydroxyl groups excluding tert-OH is 2. The van der Waals surface area contributed by atoms with Crippen molar-refractivity contribution in [2.75, 3.05) is 23.8 Å². The van der Waals surface area contributed by atoms with Gasteiger partial charge in [-0.15, -0.1) is 0 Å². The highest BCUT2D eigenvalue weighted by Gasteiger charge is 2.43. The highest BCUT2D eigenvalue weighted by Crippen LogP contribution is 2.33. The Morgan fingerprint density at radius 1 is 1.23 bits per heavy atom. The maximum absolute atomic E-state index is 10.3.